The van der Waals surface area contributed by atoms with Gasteiger partial charge in [0, 0.05) is 45.1 Å². The maximum Gasteiger partial charge on any atom is 0.253 e. The van der Waals surface area contributed by atoms with Crippen molar-refractivity contribution in [2.75, 3.05) is 19.4 Å². The molecule has 0 aliphatic carbocycles. The summed E-state index contributed by atoms with van der Waals surface area (Å²) >= 11 is 0. The van der Waals surface area contributed by atoms with Gasteiger partial charge in [-0.2, -0.15) is 5.26 Å². The first kappa shape index (κ1) is 14.7. The Hall–Kier alpha value is -2.74. The van der Waals surface area contributed by atoms with Crippen molar-refractivity contribution in [3.63, 3.8) is 0 Å². The number of aryl methyl sites for hydroxylation is 1. The molecule has 1 amide bonds. The average Bonchev–Trinajstić information content (AvgIpc) is 2.84. The zero-order valence-electron chi connectivity index (χ0n) is 12.4. The molecule has 5 heteroatoms. The van der Waals surface area contributed by atoms with Crippen LogP contribution < -0.4 is 5.32 Å². The van der Waals surface area contributed by atoms with Gasteiger partial charge in [0.25, 0.3) is 5.91 Å². The number of hydrogen-bond acceptors (Lipinski definition) is 3. The second kappa shape index (κ2) is 6.14. The molecule has 0 unspecified atom stereocenters. The summed E-state index contributed by atoms with van der Waals surface area (Å²) < 4.78 is 1.79. The number of aromatic nitrogens is 1. The molecular weight excluding hydrogens is 264 g/mol. The summed E-state index contributed by atoms with van der Waals surface area (Å²) in [5.41, 5.74) is 3.18. The Morgan fingerprint density at radius 2 is 2.14 bits per heavy atom. The maximum absolute atomic E-state index is 11.9. The van der Waals surface area contributed by atoms with Gasteiger partial charge in [0.1, 0.15) is 11.8 Å². The summed E-state index contributed by atoms with van der Waals surface area (Å²) in [7, 11) is 5.31. The molecule has 1 aromatic carbocycles. The van der Waals surface area contributed by atoms with E-state index < -0.39 is 0 Å². The van der Waals surface area contributed by atoms with E-state index in [-0.39, 0.29) is 5.91 Å². The molecule has 108 valence electrons. The van der Waals surface area contributed by atoms with Crippen LogP contribution in [0.4, 0.5) is 5.69 Å². The molecule has 0 saturated carbocycles. The van der Waals surface area contributed by atoms with E-state index in [2.05, 4.69) is 11.4 Å². The van der Waals surface area contributed by atoms with Crippen LogP contribution in [0.25, 0.3) is 0 Å². The third kappa shape index (κ3) is 3.42. The molecule has 0 fully saturated rings. The Kier molecular flexibility index (Phi) is 4.29. The van der Waals surface area contributed by atoms with Crippen molar-refractivity contribution < 1.29 is 4.79 Å². The van der Waals surface area contributed by atoms with Gasteiger partial charge >= 0.3 is 0 Å². The van der Waals surface area contributed by atoms with Crippen molar-refractivity contribution in [3.8, 4) is 6.07 Å². The zero-order chi connectivity index (χ0) is 15.4. The molecule has 1 heterocycles. The smallest absolute Gasteiger partial charge is 0.253 e. The minimum atomic E-state index is -0.0230. The Morgan fingerprint density at radius 3 is 2.76 bits per heavy atom. The third-order valence-corrected chi connectivity index (χ3v) is 3.19. The summed E-state index contributed by atoms with van der Waals surface area (Å²) in [5, 5.41) is 12.2. The first-order chi connectivity index (χ1) is 10.0. The van der Waals surface area contributed by atoms with Crippen LogP contribution in [0.3, 0.4) is 0 Å². The first-order valence-electron chi connectivity index (χ1n) is 6.62. The predicted molar refractivity (Wildman–Crippen MR) is 81.9 cm³/mol. The molecular formula is C16H18N4O. The monoisotopic (exact) mass is 282 g/mol. The predicted octanol–water partition coefficient (Wildman–Crippen LogP) is 2.21. The van der Waals surface area contributed by atoms with Crippen LogP contribution in [0, 0.1) is 11.3 Å². The van der Waals surface area contributed by atoms with Gasteiger partial charge in [-0.05, 0) is 29.8 Å². The van der Waals surface area contributed by atoms with Crippen LogP contribution in [-0.4, -0.2) is 29.5 Å². The Bertz CT molecular complexity index is 695. The second-order valence-corrected chi connectivity index (χ2v) is 5.09. The fraction of sp³-hybridized carbons (Fsp3) is 0.250. The number of nitrogens with zero attached hydrogens (tertiary/aromatic N) is 3. The van der Waals surface area contributed by atoms with Crippen LogP contribution >= 0.6 is 0 Å². The van der Waals surface area contributed by atoms with Crippen LogP contribution in [0.1, 0.15) is 21.6 Å². The molecule has 21 heavy (non-hydrogen) atoms. The van der Waals surface area contributed by atoms with Gasteiger partial charge in [0.2, 0.25) is 0 Å². The van der Waals surface area contributed by atoms with Crippen molar-refractivity contribution in [1.82, 2.24) is 9.47 Å². The number of benzene rings is 1. The van der Waals surface area contributed by atoms with E-state index in [9.17, 15) is 4.79 Å². The van der Waals surface area contributed by atoms with E-state index in [1.165, 1.54) is 0 Å². The highest BCUT2D eigenvalue weighted by molar-refractivity contribution is 5.94. The number of hydrogen-bond donors (Lipinski definition) is 1. The SMILES string of the molecule is CN(C)C(=O)c1cccc(NCc2cc(C#N)n(C)c2)c1. The van der Waals surface area contributed by atoms with Gasteiger partial charge in [-0.15, -0.1) is 0 Å². The van der Waals surface area contributed by atoms with E-state index in [4.69, 9.17) is 5.26 Å². The number of amides is 1. The molecule has 0 saturated heterocycles. The maximum atomic E-state index is 11.9. The van der Waals surface area contributed by atoms with Gasteiger partial charge < -0.3 is 14.8 Å². The van der Waals surface area contributed by atoms with Gasteiger partial charge in [-0.3, -0.25) is 4.79 Å². The lowest BCUT2D eigenvalue weighted by atomic mass is 10.1. The molecule has 0 spiro atoms. The molecule has 1 N–H and O–H groups in total. The lowest BCUT2D eigenvalue weighted by Gasteiger charge is -2.12. The summed E-state index contributed by atoms with van der Waals surface area (Å²) in [6.45, 7) is 0.606. The fourth-order valence-corrected chi connectivity index (χ4v) is 2.07. The zero-order valence-corrected chi connectivity index (χ0v) is 12.4. The van der Waals surface area contributed by atoms with Crippen molar-refractivity contribution in [2.24, 2.45) is 7.05 Å². The molecule has 2 aromatic rings. The Balaban J connectivity index is 2.08. The van der Waals surface area contributed by atoms with Crippen molar-refractivity contribution in [2.45, 2.75) is 6.54 Å². The quantitative estimate of drug-likeness (QED) is 0.935. The van der Waals surface area contributed by atoms with E-state index in [1.807, 2.05) is 37.5 Å². The number of nitriles is 1. The number of nitrogens with one attached hydrogen (secondary N) is 1. The lowest BCUT2D eigenvalue weighted by molar-refractivity contribution is 0.0827. The van der Waals surface area contributed by atoms with Crippen molar-refractivity contribution >= 4 is 11.6 Å². The van der Waals surface area contributed by atoms with E-state index >= 15 is 0 Å². The van der Waals surface area contributed by atoms with Gasteiger partial charge in [0.15, 0.2) is 0 Å². The topological polar surface area (TPSA) is 61.1 Å². The van der Waals surface area contributed by atoms with Crippen molar-refractivity contribution in [3.05, 3.63) is 53.3 Å². The van der Waals surface area contributed by atoms with Crippen LogP contribution in [0.15, 0.2) is 36.5 Å². The van der Waals surface area contributed by atoms with Gasteiger partial charge in [0.05, 0.1) is 0 Å². The van der Waals surface area contributed by atoms with Gasteiger partial charge in [-0.1, -0.05) is 6.07 Å². The highest BCUT2D eigenvalue weighted by Crippen LogP contribution is 2.14. The third-order valence-electron chi connectivity index (χ3n) is 3.19. The molecule has 0 aliphatic heterocycles. The molecule has 0 radical (unpaired) electrons. The Morgan fingerprint density at radius 1 is 1.38 bits per heavy atom. The van der Waals surface area contributed by atoms with E-state index in [0.29, 0.717) is 17.8 Å². The van der Waals surface area contributed by atoms with Crippen LogP contribution in [0.2, 0.25) is 0 Å². The summed E-state index contributed by atoms with van der Waals surface area (Å²) in [4.78, 5) is 13.5. The van der Waals surface area contributed by atoms with E-state index in [1.54, 1.807) is 29.6 Å². The molecule has 2 rings (SSSR count). The fourth-order valence-electron chi connectivity index (χ4n) is 2.07. The minimum absolute atomic E-state index is 0.0230. The second-order valence-electron chi connectivity index (χ2n) is 5.09. The average molecular weight is 282 g/mol. The standard InChI is InChI=1S/C16H18N4O/c1-19(2)16(21)13-5-4-6-14(8-13)18-10-12-7-15(9-17)20(3)11-12/h4-8,11,18H,10H2,1-3H3. The van der Waals surface area contributed by atoms with E-state index in [0.717, 1.165) is 11.3 Å². The molecule has 0 bridgehead atoms. The largest absolute Gasteiger partial charge is 0.381 e. The van der Waals surface area contributed by atoms with Crippen LogP contribution in [0.5, 0.6) is 0 Å². The first-order valence-corrected chi connectivity index (χ1v) is 6.62. The lowest BCUT2D eigenvalue weighted by Crippen LogP contribution is -2.21. The normalized spacial score (nSPS) is 10.0. The number of rotatable bonds is 4. The Labute approximate surface area is 124 Å². The molecule has 0 atom stereocenters. The number of carbonyl (C=O) groups is 1. The molecule has 0 aliphatic rings. The summed E-state index contributed by atoms with van der Waals surface area (Å²) in [6.07, 6.45) is 1.92. The van der Waals surface area contributed by atoms with Gasteiger partial charge in [-0.25, -0.2) is 0 Å². The molecule has 1 aromatic heterocycles. The number of carbonyl (C=O) groups excluding carboxylic acids is 1. The van der Waals surface area contributed by atoms with Crippen LogP contribution in [-0.2, 0) is 13.6 Å². The highest BCUT2D eigenvalue weighted by atomic mass is 16.2. The number of anilines is 1. The molecule has 5 nitrogen and oxygen atoms in total. The summed E-state index contributed by atoms with van der Waals surface area (Å²) in [6, 6.07) is 11.4. The van der Waals surface area contributed by atoms with Crippen molar-refractivity contribution in [1.29, 1.82) is 5.26 Å². The minimum Gasteiger partial charge on any atom is -0.381 e. The highest BCUT2D eigenvalue weighted by Gasteiger charge is 2.08. The summed E-state index contributed by atoms with van der Waals surface area (Å²) in [5.74, 6) is -0.0230.